The van der Waals surface area contributed by atoms with Crippen LogP contribution in [0.2, 0.25) is 0 Å². The third kappa shape index (κ3) is 1.03. The second-order valence-corrected chi connectivity index (χ2v) is 3.42. The van der Waals surface area contributed by atoms with Crippen LogP contribution in [0, 0.1) is 10.4 Å². The summed E-state index contributed by atoms with van der Waals surface area (Å²) in [7, 11) is 0. The Kier molecular flexibility index (Phi) is 1.66. The number of fused-ring (bicyclic) bond motifs is 3. The fraction of sp³-hybridized carbons (Fsp3) is 0.429. The van der Waals surface area contributed by atoms with Gasteiger partial charge in [-0.05, 0) is 4.90 Å². The second-order valence-electron chi connectivity index (χ2n) is 3.42. The van der Waals surface area contributed by atoms with Crippen molar-refractivity contribution in [2.24, 2.45) is 4.99 Å². The van der Waals surface area contributed by atoms with E-state index < -0.39 is 12.0 Å². The smallest absolute Gasteiger partial charge is 0.337 e. The first-order chi connectivity index (χ1) is 7.68. The summed E-state index contributed by atoms with van der Waals surface area (Å²) in [5.74, 6) is -0.749. The molecule has 0 spiro atoms. The van der Waals surface area contributed by atoms with Gasteiger partial charge in [0.05, 0.1) is 17.9 Å². The van der Waals surface area contributed by atoms with Crippen LogP contribution in [0.5, 0.6) is 0 Å². The van der Waals surface area contributed by atoms with Crippen LogP contribution in [-0.4, -0.2) is 39.8 Å². The van der Waals surface area contributed by atoms with E-state index >= 15 is 0 Å². The Balaban J connectivity index is 2.22. The van der Waals surface area contributed by atoms with E-state index in [1.165, 1.54) is 6.21 Å². The summed E-state index contributed by atoms with van der Waals surface area (Å²) in [6.45, 7) is -0.198. The molecule has 3 heterocycles. The maximum atomic E-state index is 11.3. The highest BCUT2D eigenvalue weighted by Crippen LogP contribution is 2.31. The van der Waals surface area contributed by atoms with E-state index in [1.807, 2.05) is 0 Å². The van der Waals surface area contributed by atoms with Crippen molar-refractivity contribution in [1.82, 2.24) is 5.16 Å². The predicted molar refractivity (Wildman–Crippen MR) is 46.9 cm³/mol. The molecule has 9 nitrogen and oxygen atoms in total. The highest BCUT2D eigenvalue weighted by molar-refractivity contribution is 6.32. The van der Waals surface area contributed by atoms with Gasteiger partial charge in [0.25, 0.3) is 5.71 Å². The van der Waals surface area contributed by atoms with Crippen LogP contribution < -0.4 is 4.90 Å². The Morgan fingerprint density at radius 1 is 1.50 bits per heavy atom. The number of aliphatic hydroxyl groups is 1. The van der Waals surface area contributed by atoms with Crippen molar-refractivity contribution in [3.63, 3.8) is 0 Å². The molecule has 2 unspecified atom stereocenters. The third-order valence-electron chi connectivity index (χ3n) is 2.52. The molecule has 0 aliphatic carbocycles. The van der Waals surface area contributed by atoms with E-state index in [0.29, 0.717) is 0 Å². The zero-order valence-corrected chi connectivity index (χ0v) is 7.81. The predicted octanol–water partition coefficient (Wildman–Crippen LogP) is -1.64. The summed E-state index contributed by atoms with van der Waals surface area (Å²) in [5.41, 5.74) is 0.0770. The minimum atomic E-state index is -1.01. The average molecular weight is 226 g/mol. The Hall–Kier alpha value is -2.16. The lowest BCUT2D eigenvalue weighted by Crippen LogP contribution is -2.46. The molecule has 1 aromatic heterocycles. The van der Waals surface area contributed by atoms with Crippen molar-refractivity contribution in [2.75, 3.05) is 6.61 Å². The quantitative estimate of drug-likeness (QED) is 0.530. The average Bonchev–Trinajstić information content (AvgIpc) is 2.66. The van der Waals surface area contributed by atoms with Crippen molar-refractivity contribution in [1.29, 1.82) is 0 Å². The van der Waals surface area contributed by atoms with E-state index in [-0.39, 0.29) is 33.6 Å². The van der Waals surface area contributed by atoms with Gasteiger partial charge in [-0.2, -0.15) is 0 Å². The first-order valence-electron chi connectivity index (χ1n) is 4.47. The molecule has 0 amide bonds. The SMILES string of the molecule is [O-][N+]1=C2C=Nc3no[n+]([O-])c3C2C(O)CO1. The number of rotatable bonds is 0. The molecule has 1 N–H and O–H groups in total. The van der Waals surface area contributed by atoms with E-state index in [4.69, 9.17) is 0 Å². The lowest BCUT2D eigenvalue weighted by molar-refractivity contribution is -0.809. The highest BCUT2D eigenvalue weighted by atomic mass is 16.9. The number of aromatic nitrogens is 2. The molecule has 16 heavy (non-hydrogen) atoms. The summed E-state index contributed by atoms with van der Waals surface area (Å²) in [4.78, 5) is 8.76. The first kappa shape index (κ1) is 9.09. The number of nitrogens with zero attached hydrogens (tertiary/aromatic N) is 4. The van der Waals surface area contributed by atoms with Gasteiger partial charge in [-0.25, -0.2) is 4.99 Å². The van der Waals surface area contributed by atoms with Crippen LogP contribution in [0.3, 0.4) is 0 Å². The van der Waals surface area contributed by atoms with Gasteiger partial charge >= 0.3 is 5.82 Å². The third-order valence-corrected chi connectivity index (χ3v) is 2.52. The highest BCUT2D eigenvalue weighted by Gasteiger charge is 2.46. The van der Waals surface area contributed by atoms with E-state index in [0.717, 1.165) is 0 Å². The first-order valence-corrected chi connectivity index (χ1v) is 4.47. The van der Waals surface area contributed by atoms with Crippen molar-refractivity contribution >= 4 is 17.7 Å². The molecule has 0 radical (unpaired) electrons. The molecular weight excluding hydrogens is 220 g/mol. The molecule has 0 saturated carbocycles. The molecule has 2 aliphatic rings. The van der Waals surface area contributed by atoms with Gasteiger partial charge in [0, 0.05) is 4.90 Å². The molecule has 0 saturated heterocycles. The topological polar surface area (TPSA) is 121 Å². The Bertz CT molecular complexity index is 507. The summed E-state index contributed by atoms with van der Waals surface area (Å²) in [5, 5.41) is 35.7. The molecule has 9 heteroatoms. The maximum Gasteiger partial charge on any atom is 0.337 e. The van der Waals surface area contributed by atoms with Crippen LogP contribution in [0.15, 0.2) is 9.62 Å². The molecule has 0 aromatic carbocycles. The molecule has 3 rings (SSSR count). The van der Waals surface area contributed by atoms with Crippen molar-refractivity contribution in [2.45, 2.75) is 12.0 Å². The van der Waals surface area contributed by atoms with Gasteiger partial charge in [-0.15, -0.1) is 0 Å². The van der Waals surface area contributed by atoms with Crippen molar-refractivity contribution < 1.29 is 24.4 Å². The summed E-state index contributed by atoms with van der Waals surface area (Å²) >= 11 is 0. The zero-order chi connectivity index (χ0) is 11.3. The number of hydrogen-bond donors (Lipinski definition) is 1. The molecular formula is C7H6N4O5. The molecule has 84 valence electrons. The standard InChI is InChI=1S/C7H6N4O5/c12-4-2-15-10(13)3-1-8-7-6(5(3)4)11(14)16-9-7/h1,4-5,12H,2H2. The van der Waals surface area contributed by atoms with Crippen LogP contribution >= 0.6 is 0 Å². The summed E-state index contributed by atoms with van der Waals surface area (Å²) in [6.07, 6.45) is 0.190. The fourth-order valence-electron chi connectivity index (χ4n) is 1.79. The minimum Gasteiger partial charge on any atom is -0.400 e. The van der Waals surface area contributed by atoms with Gasteiger partial charge in [0.1, 0.15) is 6.21 Å². The molecule has 0 bridgehead atoms. The molecule has 2 atom stereocenters. The monoisotopic (exact) mass is 226 g/mol. The largest absolute Gasteiger partial charge is 0.400 e. The molecule has 0 fully saturated rings. The van der Waals surface area contributed by atoms with E-state index in [9.17, 15) is 15.5 Å². The van der Waals surface area contributed by atoms with Crippen LogP contribution in [0.4, 0.5) is 5.82 Å². The second kappa shape index (κ2) is 2.92. The van der Waals surface area contributed by atoms with E-state index in [1.54, 1.807) is 0 Å². The molecule has 1 aromatic rings. The number of aliphatic hydroxyl groups excluding tert-OH is 1. The zero-order valence-electron chi connectivity index (χ0n) is 7.81. The minimum absolute atomic E-state index is 0.0224. The van der Waals surface area contributed by atoms with Crippen LogP contribution in [0.25, 0.3) is 0 Å². The normalized spacial score (nSPS) is 27.3. The Labute approximate surface area is 87.9 Å². The lowest BCUT2D eigenvalue weighted by Gasteiger charge is -2.25. The van der Waals surface area contributed by atoms with Crippen molar-refractivity contribution in [3.05, 3.63) is 16.1 Å². The Morgan fingerprint density at radius 2 is 2.31 bits per heavy atom. The van der Waals surface area contributed by atoms with Gasteiger partial charge < -0.3 is 15.2 Å². The van der Waals surface area contributed by atoms with Gasteiger partial charge in [0.15, 0.2) is 5.92 Å². The Morgan fingerprint density at radius 3 is 3.12 bits per heavy atom. The lowest BCUT2D eigenvalue weighted by atomic mass is 9.91. The van der Waals surface area contributed by atoms with E-state index in [2.05, 4.69) is 19.6 Å². The maximum absolute atomic E-state index is 11.3. The molecule has 2 aliphatic heterocycles. The number of aliphatic imine (C=N–C) groups is 1. The van der Waals surface area contributed by atoms with Crippen LogP contribution in [0.1, 0.15) is 11.6 Å². The van der Waals surface area contributed by atoms with Gasteiger partial charge in [-0.3, -0.25) is 9.84 Å². The summed E-state index contributed by atoms with van der Waals surface area (Å²) in [6, 6.07) is 0. The van der Waals surface area contributed by atoms with Gasteiger partial charge in [-0.1, -0.05) is 0 Å². The van der Waals surface area contributed by atoms with Gasteiger partial charge in [0.2, 0.25) is 5.69 Å². The fourth-order valence-corrected chi connectivity index (χ4v) is 1.79. The summed E-state index contributed by atoms with van der Waals surface area (Å²) < 4.78 is 4.36. The van der Waals surface area contributed by atoms with Crippen molar-refractivity contribution in [3.8, 4) is 0 Å². The van der Waals surface area contributed by atoms with Crippen LogP contribution in [-0.2, 0) is 4.84 Å². The number of hydrogen-bond acceptors (Lipinski definition) is 7.